The second-order valence-corrected chi connectivity index (χ2v) is 10.4. The van der Waals surface area contributed by atoms with Gasteiger partial charge in [-0.3, -0.25) is 9.59 Å². The van der Waals surface area contributed by atoms with E-state index in [-0.39, 0.29) is 30.9 Å². The molecule has 1 N–H and O–H groups in total. The summed E-state index contributed by atoms with van der Waals surface area (Å²) >= 11 is 7.33. The highest BCUT2D eigenvalue weighted by molar-refractivity contribution is 7.99. The van der Waals surface area contributed by atoms with Gasteiger partial charge in [-0.2, -0.15) is 0 Å². The van der Waals surface area contributed by atoms with E-state index in [1.54, 1.807) is 42.2 Å². The van der Waals surface area contributed by atoms with Crippen LogP contribution in [0.25, 0.3) is 0 Å². The fourth-order valence-corrected chi connectivity index (χ4v) is 4.94. The van der Waals surface area contributed by atoms with Crippen molar-refractivity contribution in [2.45, 2.75) is 51.4 Å². The van der Waals surface area contributed by atoms with E-state index in [2.05, 4.69) is 15.3 Å². The molecule has 2 heterocycles. The molecule has 37 heavy (non-hydrogen) atoms. The summed E-state index contributed by atoms with van der Waals surface area (Å²) in [6.07, 6.45) is 0.396. The van der Waals surface area contributed by atoms with Crippen LogP contribution in [0.1, 0.15) is 37.2 Å². The molecule has 3 aromatic rings. The van der Waals surface area contributed by atoms with Crippen molar-refractivity contribution in [3.63, 3.8) is 0 Å². The van der Waals surface area contributed by atoms with Gasteiger partial charge in [-0.25, -0.2) is 9.97 Å². The van der Waals surface area contributed by atoms with Crippen LogP contribution in [0.2, 0.25) is 5.02 Å². The highest BCUT2D eigenvalue weighted by Gasteiger charge is 2.41. The van der Waals surface area contributed by atoms with Gasteiger partial charge in [0.2, 0.25) is 18.6 Å². The van der Waals surface area contributed by atoms with Gasteiger partial charge in [0, 0.05) is 34.7 Å². The van der Waals surface area contributed by atoms with E-state index in [0.29, 0.717) is 33.8 Å². The maximum Gasteiger partial charge on any atom is 0.250 e. The Hall–Kier alpha value is -3.30. The average Bonchev–Trinajstić information content (AvgIpc) is 3.34. The summed E-state index contributed by atoms with van der Waals surface area (Å²) in [5.74, 6) is 0.775. The normalized spacial score (nSPS) is 13.6. The topological polar surface area (TPSA) is 93.7 Å². The van der Waals surface area contributed by atoms with Gasteiger partial charge in [0.1, 0.15) is 5.54 Å². The molecule has 4 rings (SSSR count). The Morgan fingerprint density at radius 3 is 2.41 bits per heavy atom. The molecule has 0 radical (unpaired) electrons. The minimum atomic E-state index is -1.14. The largest absolute Gasteiger partial charge is 0.454 e. The number of carbonyl (C=O) groups is 2. The van der Waals surface area contributed by atoms with Gasteiger partial charge in [0.15, 0.2) is 16.7 Å². The number of aryl methyl sites for hydroxylation is 2. The highest BCUT2D eigenvalue weighted by Crippen LogP contribution is 2.35. The standard InChI is InChI=1S/C27H29ClN4O4S/c1-5-27(4,25(34)31-21-10-11-22-23(13-21)36-16-35-22)32(14-19-6-8-20(28)9-7-19)24(33)15-37-26-29-17(2)12-18(3)30-26/h6-13H,5,14-16H2,1-4H3,(H,31,34)/t27-/m0/s1. The van der Waals surface area contributed by atoms with E-state index in [1.165, 1.54) is 11.8 Å². The van der Waals surface area contributed by atoms with E-state index in [0.717, 1.165) is 17.0 Å². The number of benzene rings is 2. The molecule has 8 nitrogen and oxygen atoms in total. The number of halogens is 1. The predicted octanol–water partition coefficient (Wildman–Crippen LogP) is 5.40. The summed E-state index contributed by atoms with van der Waals surface area (Å²) in [5, 5.41) is 4.09. The van der Waals surface area contributed by atoms with E-state index < -0.39 is 5.54 Å². The summed E-state index contributed by atoms with van der Waals surface area (Å²) in [5.41, 5.74) is 1.95. The van der Waals surface area contributed by atoms with Crippen LogP contribution >= 0.6 is 23.4 Å². The Labute approximate surface area is 225 Å². The van der Waals surface area contributed by atoms with Crippen LogP contribution < -0.4 is 14.8 Å². The molecule has 0 spiro atoms. The first-order valence-corrected chi connectivity index (χ1v) is 13.3. The zero-order valence-electron chi connectivity index (χ0n) is 21.2. The molecule has 1 atom stereocenters. The lowest BCUT2D eigenvalue weighted by molar-refractivity contribution is -0.143. The van der Waals surface area contributed by atoms with Crippen LogP contribution in [0.3, 0.4) is 0 Å². The molecular weight excluding hydrogens is 512 g/mol. The number of hydrogen-bond donors (Lipinski definition) is 1. The summed E-state index contributed by atoms with van der Waals surface area (Å²) in [6, 6.07) is 14.4. The first-order chi connectivity index (χ1) is 17.7. The third-order valence-electron chi connectivity index (χ3n) is 6.25. The van der Waals surface area contributed by atoms with Crippen molar-refractivity contribution in [1.29, 1.82) is 0 Å². The number of fused-ring (bicyclic) bond motifs is 1. The molecule has 1 aromatic heterocycles. The smallest absolute Gasteiger partial charge is 0.250 e. The molecule has 1 aliphatic heterocycles. The summed E-state index contributed by atoms with van der Waals surface area (Å²) in [4.78, 5) is 37.8. The van der Waals surface area contributed by atoms with Crippen LogP contribution in [0.15, 0.2) is 53.7 Å². The lowest BCUT2D eigenvalue weighted by Crippen LogP contribution is -2.57. The van der Waals surface area contributed by atoms with E-state index in [4.69, 9.17) is 21.1 Å². The fraction of sp³-hybridized carbons (Fsp3) is 0.333. The van der Waals surface area contributed by atoms with Gasteiger partial charge in [0.25, 0.3) is 0 Å². The maximum atomic E-state index is 13.7. The number of hydrogen-bond acceptors (Lipinski definition) is 7. The van der Waals surface area contributed by atoms with E-state index >= 15 is 0 Å². The van der Waals surface area contributed by atoms with Crippen molar-refractivity contribution < 1.29 is 19.1 Å². The molecule has 0 bridgehead atoms. The molecule has 2 aromatic carbocycles. The van der Waals surface area contributed by atoms with Gasteiger partial charge in [0.05, 0.1) is 5.75 Å². The van der Waals surface area contributed by atoms with Crippen molar-refractivity contribution in [3.05, 3.63) is 70.5 Å². The van der Waals surface area contributed by atoms with Crippen LogP contribution in [-0.4, -0.2) is 44.8 Å². The van der Waals surface area contributed by atoms with Crippen LogP contribution in [0.4, 0.5) is 5.69 Å². The number of nitrogens with one attached hydrogen (secondary N) is 1. The Bertz CT molecular complexity index is 1280. The zero-order valence-corrected chi connectivity index (χ0v) is 22.8. The second kappa shape index (κ2) is 11.4. The van der Waals surface area contributed by atoms with E-state index in [9.17, 15) is 9.59 Å². The summed E-state index contributed by atoms with van der Waals surface area (Å²) in [7, 11) is 0. The van der Waals surface area contributed by atoms with Gasteiger partial charge >= 0.3 is 0 Å². The number of amides is 2. The first kappa shape index (κ1) is 26.8. The Morgan fingerprint density at radius 2 is 1.73 bits per heavy atom. The van der Waals surface area contributed by atoms with Gasteiger partial charge < -0.3 is 19.7 Å². The van der Waals surface area contributed by atoms with Crippen LogP contribution in [0, 0.1) is 13.8 Å². The quantitative estimate of drug-likeness (QED) is 0.287. The molecule has 0 aliphatic carbocycles. The minimum absolute atomic E-state index is 0.0867. The lowest BCUT2D eigenvalue weighted by atomic mass is 9.93. The fourth-order valence-electron chi connectivity index (χ4n) is 3.99. The van der Waals surface area contributed by atoms with E-state index in [1.807, 2.05) is 39.0 Å². The first-order valence-electron chi connectivity index (χ1n) is 11.9. The second-order valence-electron chi connectivity index (χ2n) is 8.98. The number of nitrogens with zero attached hydrogens (tertiary/aromatic N) is 3. The third-order valence-corrected chi connectivity index (χ3v) is 7.33. The highest BCUT2D eigenvalue weighted by atomic mass is 35.5. The monoisotopic (exact) mass is 540 g/mol. The predicted molar refractivity (Wildman–Crippen MR) is 144 cm³/mol. The lowest BCUT2D eigenvalue weighted by Gasteiger charge is -2.39. The zero-order chi connectivity index (χ0) is 26.6. The number of anilines is 1. The minimum Gasteiger partial charge on any atom is -0.454 e. The molecule has 0 saturated heterocycles. The summed E-state index contributed by atoms with van der Waals surface area (Å²) < 4.78 is 10.8. The Morgan fingerprint density at radius 1 is 1.05 bits per heavy atom. The van der Waals surface area contributed by atoms with Crippen molar-refractivity contribution in [3.8, 4) is 11.5 Å². The number of ether oxygens (including phenoxy) is 2. The molecular formula is C27H29ClN4O4S. The molecule has 0 saturated carbocycles. The molecule has 2 amide bonds. The molecule has 0 unspecified atom stereocenters. The van der Waals surface area contributed by atoms with Gasteiger partial charge in [-0.15, -0.1) is 0 Å². The van der Waals surface area contributed by atoms with Crippen molar-refractivity contribution >= 4 is 40.9 Å². The van der Waals surface area contributed by atoms with Crippen LogP contribution in [-0.2, 0) is 16.1 Å². The van der Waals surface area contributed by atoms with Crippen molar-refractivity contribution in [1.82, 2.24) is 14.9 Å². The van der Waals surface area contributed by atoms with Gasteiger partial charge in [-0.05, 0) is 63.1 Å². The number of thioether (sulfide) groups is 1. The third kappa shape index (κ3) is 6.34. The molecule has 194 valence electrons. The van der Waals surface area contributed by atoms with Gasteiger partial charge in [-0.1, -0.05) is 42.4 Å². The van der Waals surface area contributed by atoms with Crippen LogP contribution in [0.5, 0.6) is 11.5 Å². The number of carbonyl (C=O) groups excluding carboxylic acids is 2. The number of aromatic nitrogens is 2. The Kier molecular flexibility index (Phi) is 8.24. The number of rotatable bonds is 9. The molecule has 1 aliphatic rings. The Balaban J connectivity index is 1.59. The van der Waals surface area contributed by atoms with Crippen molar-refractivity contribution in [2.75, 3.05) is 17.9 Å². The van der Waals surface area contributed by atoms with Crippen molar-refractivity contribution in [2.24, 2.45) is 0 Å². The maximum absolute atomic E-state index is 13.7. The molecule has 10 heteroatoms. The summed E-state index contributed by atoms with van der Waals surface area (Å²) in [6.45, 7) is 7.83. The molecule has 0 fully saturated rings. The average molecular weight is 541 g/mol. The SMILES string of the molecule is CC[C@@](C)(C(=O)Nc1ccc2c(c1)OCO2)N(Cc1ccc(Cl)cc1)C(=O)CSc1nc(C)cc(C)n1.